The minimum Gasteiger partial charge on any atom is -0.476 e. The van der Waals surface area contributed by atoms with Gasteiger partial charge in [0.15, 0.2) is 5.60 Å². The number of nitrogens with zero attached hydrogens (tertiary/aromatic N) is 1. The Labute approximate surface area is 141 Å². The van der Waals surface area contributed by atoms with Crippen LogP contribution in [0.15, 0.2) is 18.2 Å². The van der Waals surface area contributed by atoms with E-state index in [0.29, 0.717) is 23.0 Å². The first-order chi connectivity index (χ1) is 10.7. The summed E-state index contributed by atoms with van der Waals surface area (Å²) < 4.78 is 5.76. The summed E-state index contributed by atoms with van der Waals surface area (Å²) in [6.07, 6.45) is 1.10. The van der Waals surface area contributed by atoms with Gasteiger partial charge in [0.2, 0.25) is 5.91 Å². The average Bonchev–Trinajstić information content (AvgIpc) is 2.48. The zero-order chi connectivity index (χ0) is 17.2. The normalized spacial score (nSPS) is 17.3. The summed E-state index contributed by atoms with van der Waals surface area (Å²) in [6, 6.07) is 5.29. The van der Waals surface area contributed by atoms with Gasteiger partial charge in [0.05, 0.1) is 5.69 Å². The molecule has 0 fully saturated rings. The highest BCUT2D eigenvalue weighted by Crippen LogP contribution is 2.39. The molecule has 1 N–H and O–H groups in total. The van der Waals surface area contributed by atoms with Crippen molar-refractivity contribution in [3.05, 3.63) is 23.2 Å². The van der Waals surface area contributed by atoms with Crippen LogP contribution in [0.5, 0.6) is 5.75 Å². The maximum atomic E-state index is 12.6. The van der Waals surface area contributed by atoms with Crippen molar-refractivity contribution in [2.24, 2.45) is 0 Å². The van der Waals surface area contributed by atoms with E-state index in [2.05, 4.69) is 5.32 Å². The predicted molar refractivity (Wildman–Crippen MR) is 91.0 cm³/mol. The van der Waals surface area contributed by atoms with Crippen LogP contribution in [-0.4, -0.2) is 30.0 Å². The fraction of sp³-hybridized carbons (Fsp3) is 0.529. The lowest BCUT2D eigenvalue weighted by atomic mass is 10.0. The van der Waals surface area contributed by atoms with Gasteiger partial charge in [0.25, 0.3) is 5.91 Å². The number of halogens is 1. The Hall–Kier alpha value is -1.75. The van der Waals surface area contributed by atoms with Crippen molar-refractivity contribution in [1.82, 2.24) is 5.32 Å². The van der Waals surface area contributed by atoms with E-state index in [1.165, 1.54) is 0 Å². The summed E-state index contributed by atoms with van der Waals surface area (Å²) in [5, 5.41) is 3.43. The summed E-state index contributed by atoms with van der Waals surface area (Å²) >= 11 is 6.04. The molecule has 1 aromatic rings. The number of amides is 2. The molecule has 0 spiro atoms. The van der Waals surface area contributed by atoms with Crippen LogP contribution < -0.4 is 15.0 Å². The topological polar surface area (TPSA) is 58.6 Å². The highest BCUT2D eigenvalue weighted by Gasteiger charge is 2.40. The SMILES string of the molecule is CCC(C)NC(=O)CCN1C(=O)C(C)(C)Oc2ccc(Cl)cc21. The number of carbonyl (C=O) groups is 2. The Balaban J connectivity index is 2.18. The minimum atomic E-state index is -0.964. The van der Waals surface area contributed by atoms with Crippen LogP contribution in [0.3, 0.4) is 0 Å². The molecule has 6 heteroatoms. The maximum Gasteiger partial charge on any atom is 0.270 e. The minimum absolute atomic E-state index is 0.0694. The standard InChI is InChI=1S/C17H23ClN2O3/c1-5-11(2)19-15(21)8-9-20-13-10-12(18)6-7-14(13)23-17(3,4)16(20)22/h6-7,10-11H,5,8-9H2,1-4H3,(H,19,21). The summed E-state index contributed by atoms with van der Waals surface area (Å²) in [7, 11) is 0. The van der Waals surface area contributed by atoms with Crippen LogP contribution >= 0.6 is 11.6 Å². The highest BCUT2D eigenvalue weighted by molar-refractivity contribution is 6.31. The van der Waals surface area contributed by atoms with Gasteiger partial charge in [0, 0.05) is 24.0 Å². The molecule has 0 aromatic heterocycles. The lowest BCUT2D eigenvalue weighted by Gasteiger charge is -2.38. The van der Waals surface area contributed by atoms with E-state index in [9.17, 15) is 9.59 Å². The van der Waals surface area contributed by atoms with E-state index in [-0.39, 0.29) is 24.3 Å². The fourth-order valence-corrected chi connectivity index (χ4v) is 2.59. The second-order valence-electron chi connectivity index (χ2n) is 6.31. The molecule has 0 saturated heterocycles. The highest BCUT2D eigenvalue weighted by atomic mass is 35.5. The van der Waals surface area contributed by atoms with Gasteiger partial charge >= 0.3 is 0 Å². The molecule has 1 aliphatic heterocycles. The Morgan fingerprint density at radius 1 is 1.43 bits per heavy atom. The summed E-state index contributed by atoms with van der Waals surface area (Å²) in [6.45, 7) is 7.70. The molecule has 0 radical (unpaired) electrons. The Morgan fingerprint density at radius 2 is 2.13 bits per heavy atom. The van der Waals surface area contributed by atoms with Gasteiger partial charge in [-0.05, 0) is 45.4 Å². The van der Waals surface area contributed by atoms with E-state index >= 15 is 0 Å². The largest absolute Gasteiger partial charge is 0.476 e. The molecule has 0 bridgehead atoms. The number of rotatable bonds is 5. The Kier molecular flexibility index (Phi) is 5.19. The molecule has 5 nitrogen and oxygen atoms in total. The molecule has 2 amide bonds. The zero-order valence-corrected chi connectivity index (χ0v) is 14.7. The van der Waals surface area contributed by atoms with Gasteiger partial charge < -0.3 is 15.0 Å². The molecule has 23 heavy (non-hydrogen) atoms. The molecule has 2 rings (SSSR count). The zero-order valence-electron chi connectivity index (χ0n) is 14.0. The van der Waals surface area contributed by atoms with Crippen molar-refractivity contribution in [3.8, 4) is 5.75 Å². The molecule has 1 atom stereocenters. The number of hydrogen-bond donors (Lipinski definition) is 1. The summed E-state index contributed by atoms with van der Waals surface area (Å²) in [5.41, 5.74) is -0.355. The smallest absolute Gasteiger partial charge is 0.270 e. The monoisotopic (exact) mass is 338 g/mol. The number of hydrogen-bond acceptors (Lipinski definition) is 3. The van der Waals surface area contributed by atoms with E-state index in [1.807, 2.05) is 13.8 Å². The fourth-order valence-electron chi connectivity index (χ4n) is 2.43. The van der Waals surface area contributed by atoms with Crippen LogP contribution in [0, 0.1) is 0 Å². The van der Waals surface area contributed by atoms with Gasteiger partial charge in [-0.25, -0.2) is 0 Å². The Bertz CT molecular complexity index is 616. The Morgan fingerprint density at radius 3 is 2.78 bits per heavy atom. The lowest BCUT2D eigenvalue weighted by molar-refractivity contribution is -0.132. The van der Waals surface area contributed by atoms with Gasteiger partial charge in [-0.3, -0.25) is 9.59 Å². The molecular formula is C17H23ClN2O3. The van der Waals surface area contributed by atoms with E-state index in [1.54, 1.807) is 36.9 Å². The van der Waals surface area contributed by atoms with Crippen LogP contribution in [0.1, 0.15) is 40.5 Å². The van der Waals surface area contributed by atoms with Crippen LogP contribution in [0.4, 0.5) is 5.69 Å². The average molecular weight is 339 g/mol. The first-order valence-corrected chi connectivity index (χ1v) is 8.22. The van der Waals surface area contributed by atoms with Crippen molar-refractivity contribution < 1.29 is 14.3 Å². The first kappa shape index (κ1) is 17.6. The van der Waals surface area contributed by atoms with Crippen molar-refractivity contribution in [1.29, 1.82) is 0 Å². The van der Waals surface area contributed by atoms with Crippen LogP contribution in [-0.2, 0) is 9.59 Å². The van der Waals surface area contributed by atoms with Crippen LogP contribution in [0.2, 0.25) is 5.02 Å². The number of fused-ring (bicyclic) bond motifs is 1. The molecule has 1 aliphatic rings. The maximum absolute atomic E-state index is 12.6. The van der Waals surface area contributed by atoms with E-state index in [0.717, 1.165) is 6.42 Å². The lowest BCUT2D eigenvalue weighted by Crippen LogP contribution is -2.53. The molecule has 0 aliphatic carbocycles. The van der Waals surface area contributed by atoms with Gasteiger partial charge in [-0.2, -0.15) is 0 Å². The molecular weight excluding hydrogens is 316 g/mol. The second-order valence-corrected chi connectivity index (χ2v) is 6.74. The van der Waals surface area contributed by atoms with Crippen molar-refractivity contribution >= 4 is 29.1 Å². The van der Waals surface area contributed by atoms with Gasteiger partial charge in [0.1, 0.15) is 5.75 Å². The molecule has 1 aromatic carbocycles. The van der Waals surface area contributed by atoms with E-state index in [4.69, 9.17) is 16.3 Å². The first-order valence-electron chi connectivity index (χ1n) is 7.84. The number of benzene rings is 1. The van der Waals surface area contributed by atoms with Gasteiger partial charge in [-0.1, -0.05) is 18.5 Å². The number of carbonyl (C=O) groups excluding carboxylic acids is 2. The number of anilines is 1. The third kappa shape index (κ3) is 3.96. The van der Waals surface area contributed by atoms with E-state index < -0.39 is 5.60 Å². The van der Waals surface area contributed by atoms with Crippen molar-refractivity contribution in [3.63, 3.8) is 0 Å². The predicted octanol–water partition coefficient (Wildman–Crippen LogP) is 3.15. The summed E-state index contributed by atoms with van der Waals surface area (Å²) in [5.74, 6) is 0.352. The number of nitrogens with one attached hydrogen (secondary N) is 1. The van der Waals surface area contributed by atoms with Gasteiger partial charge in [-0.15, -0.1) is 0 Å². The van der Waals surface area contributed by atoms with Crippen molar-refractivity contribution in [2.45, 2.75) is 52.2 Å². The second kappa shape index (κ2) is 6.79. The molecule has 0 saturated carbocycles. The third-order valence-corrected chi connectivity index (χ3v) is 4.15. The molecule has 126 valence electrons. The summed E-state index contributed by atoms with van der Waals surface area (Å²) in [4.78, 5) is 26.2. The molecule has 1 heterocycles. The third-order valence-electron chi connectivity index (χ3n) is 3.92. The quantitative estimate of drug-likeness (QED) is 0.897. The molecule has 1 unspecified atom stereocenters. The van der Waals surface area contributed by atoms with Crippen molar-refractivity contribution in [2.75, 3.05) is 11.4 Å². The number of ether oxygens (including phenoxy) is 1. The van der Waals surface area contributed by atoms with Crippen LogP contribution in [0.25, 0.3) is 0 Å².